The average Bonchev–Trinajstić information content (AvgIpc) is 3.13. The summed E-state index contributed by atoms with van der Waals surface area (Å²) in [5.74, 6) is -3.63. The molecule has 0 aromatic heterocycles. The van der Waals surface area contributed by atoms with Gasteiger partial charge in [0.25, 0.3) is 0 Å². The molecule has 42 heavy (non-hydrogen) atoms. The van der Waals surface area contributed by atoms with E-state index < -0.39 is 59.8 Å². The van der Waals surface area contributed by atoms with E-state index in [2.05, 4.69) is 17.6 Å². The van der Waals surface area contributed by atoms with Gasteiger partial charge in [-0.2, -0.15) is 0 Å². The Bertz CT molecular complexity index is 1040. The topological polar surface area (TPSA) is 159 Å². The molecule has 2 bridgehead atoms. The summed E-state index contributed by atoms with van der Waals surface area (Å²) in [5, 5.41) is 14.6. The number of amides is 2. The summed E-state index contributed by atoms with van der Waals surface area (Å²) in [4.78, 5) is 62.0. The predicted molar refractivity (Wildman–Crippen MR) is 148 cm³/mol. The third-order valence-electron chi connectivity index (χ3n) is 9.49. The first kappa shape index (κ1) is 32.6. The lowest BCUT2D eigenvalue weighted by molar-refractivity contribution is -0.576. The molecule has 0 aromatic carbocycles. The number of rotatable bonds is 11. The molecule has 0 radical (unpaired) electrons. The Morgan fingerprint density at radius 1 is 0.976 bits per heavy atom. The molecule has 5 aliphatic rings. The lowest BCUT2D eigenvalue weighted by Crippen LogP contribution is -2.70. The number of nitrogens with one attached hydrogen (secondary N) is 2. The second-order valence-corrected chi connectivity index (χ2v) is 13.6. The number of carbonyl (C=O) groups is 4. The summed E-state index contributed by atoms with van der Waals surface area (Å²) in [6, 6.07) is -2.01. The van der Waals surface area contributed by atoms with Crippen LogP contribution >= 0.6 is 0 Å². The lowest BCUT2D eigenvalue weighted by Gasteiger charge is -2.59. The van der Waals surface area contributed by atoms with E-state index >= 15 is 0 Å². The van der Waals surface area contributed by atoms with Gasteiger partial charge in [0, 0.05) is 24.7 Å². The monoisotopic (exact) mass is 596 g/mol. The highest BCUT2D eigenvalue weighted by molar-refractivity contribution is 5.91. The van der Waals surface area contributed by atoms with Crippen LogP contribution in [0.3, 0.4) is 0 Å². The van der Waals surface area contributed by atoms with E-state index in [9.17, 15) is 24.3 Å². The molecule has 238 valence electrons. The van der Waals surface area contributed by atoms with Gasteiger partial charge in [0.05, 0.1) is 6.42 Å². The number of hydrogen-bond donors (Lipinski definition) is 3. The summed E-state index contributed by atoms with van der Waals surface area (Å²) in [5.41, 5.74) is -0.767. The Hall–Kier alpha value is -2.28. The fourth-order valence-electron chi connectivity index (χ4n) is 7.15. The standard InChI is InChI=1S/C30H48N2O10/c1-15(2)14-21(25(35)32-24(16(3)4)26(36)37)31-22(33)10-11-23(34)38-27-18(6)20-9-8-17(5)19-12-13-29(7)40-28(39-27)30(19,20)42-41-29/h15-21,24,27-28H,8-14H2,1-7H3,(H,31,33)(H,32,35)(H,36,37)/t17-,18?,19+,20?,21?,24?,27?,28+,29?,30?/m1/s1. The van der Waals surface area contributed by atoms with Crippen LogP contribution in [0, 0.1) is 35.5 Å². The molecule has 12 heteroatoms. The molecule has 5 rings (SSSR count). The van der Waals surface area contributed by atoms with Crippen LogP contribution in [0.25, 0.3) is 0 Å². The molecule has 4 heterocycles. The Labute approximate surface area is 247 Å². The first-order valence-corrected chi connectivity index (χ1v) is 15.4. The first-order valence-electron chi connectivity index (χ1n) is 15.4. The smallest absolute Gasteiger partial charge is 0.326 e. The second-order valence-electron chi connectivity index (χ2n) is 13.6. The molecule has 7 unspecified atom stereocenters. The minimum Gasteiger partial charge on any atom is -0.480 e. The number of esters is 1. The van der Waals surface area contributed by atoms with Crippen molar-refractivity contribution in [2.75, 3.05) is 0 Å². The van der Waals surface area contributed by atoms with Crippen molar-refractivity contribution in [2.45, 2.75) is 129 Å². The Morgan fingerprint density at radius 2 is 1.69 bits per heavy atom. The van der Waals surface area contributed by atoms with Crippen molar-refractivity contribution < 1.29 is 48.3 Å². The number of ether oxygens (including phenoxy) is 3. The van der Waals surface area contributed by atoms with Gasteiger partial charge in [0.2, 0.25) is 23.9 Å². The molecule has 0 aromatic rings. The third kappa shape index (κ3) is 6.61. The number of aliphatic carboxylic acids is 1. The fourth-order valence-corrected chi connectivity index (χ4v) is 7.15. The van der Waals surface area contributed by atoms with Crippen LogP contribution in [-0.2, 0) is 43.2 Å². The highest BCUT2D eigenvalue weighted by Gasteiger charge is 2.69. The largest absolute Gasteiger partial charge is 0.480 e. The minimum atomic E-state index is -1.14. The van der Waals surface area contributed by atoms with Crippen LogP contribution in [0.4, 0.5) is 0 Å². The van der Waals surface area contributed by atoms with E-state index in [1.807, 2.05) is 27.7 Å². The zero-order valence-electron chi connectivity index (χ0n) is 25.8. The van der Waals surface area contributed by atoms with Gasteiger partial charge >= 0.3 is 11.9 Å². The molecular formula is C30H48N2O10. The van der Waals surface area contributed by atoms with Crippen molar-refractivity contribution in [3.8, 4) is 0 Å². The maximum atomic E-state index is 12.9. The van der Waals surface area contributed by atoms with Crippen molar-refractivity contribution >= 4 is 23.8 Å². The molecular weight excluding hydrogens is 548 g/mol. The summed E-state index contributed by atoms with van der Waals surface area (Å²) in [6.45, 7) is 13.2. The van der Waals surface area contributed by atoms with Gasteiger partial charge in [-0.05, 0) is 56.3 Å². The second kappa shape index (κ2) is 12.8. The highest BCUT2D eigenvalue weighted by Crippen LogP contribution is 2.60. The van der Waals surface area contributed by atoms with Gasteiger partial charge in [-0.1, -0.05) is 41.5 Å². The molecule has 1 saturated carbocycles. The SMILES string of the molecule is CC(C)CC(NC(=O)CCC(=O)OC1O[C@H]2OC3(C)CC[C@H]4[C@H](C)CCC(C1C)C24OO3)C(=O)NC(C(=O)O)C(C)C. The van der Waals surface area contributed by atoms with Crippen LogP contribution in [0.5, 0.6) is 0 Å². The molecule has 12 nitrogen and oxygen atoms in total. The summed E-state index contributed by atoms with van der Waals surface area (Å²) in [6.07, 6.45) is 1.73. The van der Waals surface area contributed by atoms with Crippen molar-refractivity contribution in [2.24, 2.45) is 35.5 Å². The van der Waals surface area contributed by atoms with Crippen molar-refractivity contribution in [3.05, 3.63) is 0 Å². The molecule has 4 saturated heterocycles. The lowest BCUT2D eigenvalue weighted by atomic mass is 9.58. The molecule has 4 aliphatic heterocycles. The zero-order valence-corrected chi connectivity index (χ0v) is 25.8. The van der Waals surface area contributed by atoms with Gasteiger partial charge in [-0.15, -0.1) is 0 Å². The van der Waals surface area contributed by atoms with Gasteiger partial charge in [0.15, 0.2) is 11.9 Å². The van der Waals surface area contributed by atoms with Crippen molar-refractivity contribution in [1.29, 1.82) is 0 Å². The molecule has 5 fully saturated rings. The average molecular weight is 597 g/mol. The van der Waals surface area contributed by atoms with Crippen molar-refractivity contribution in [1.82, 2.24) is 10.6 Å². The van der Waals surface area contributed by atoms with Crippen LogP contribution in [0.1, 0.15) is 93.4 Å². The number of fused-ring (bicyclic) bond motifs is 2. The van der Waals surface area contributed by atoms with Gasteiger partial charge < -0.3 is 30.0 Å². The fraction of sp³-hybridized carbons (Fsp3) is 0.867. The number of carboxylic acid groups (broad SMARTS) is 1. The highest BCUT2D eigenvalue weighted by atomic mass is 17.3. The van der Waals surface area contributed by atoms with Gasteiger partial charge in [-0.25, -0.2) is 14.6 Å². The summed E-state index contributed by atoms with van der Waals surface area (Å²) < 4.78 is 18.3. The third-order valence-corrected chi connectivity index (χ3v) is 9.49. The maximum Gasteiger partial charge on any atom is 0.326 e. The minimum absolute atomic E-state index is 0.00281. The Balaban J connectivity index is 1.35. The number of carboxylic acids is 1. The van der Waals surface area contributed by atoms with Crippen LogP contribution < -0.4 is 10.6 Å². The summed E-state index contributed by atoms with van der Waals surface area (Å²) >= 11 is 0. The molecule has 3 N–H and O–H groups in total. The van der Waals surface area contributed by atoms with Gasteiger partial charge in [0.1, 0.15) is 12.1 Å². The zero-order chi connectivity index (χ0) is 31.0. The Morgan fingerprint density at radius 3 is 2.33 bits per heavy atom. The first-order chi connectivity index (χ1) is 19.7. The molecule has 2 amide bonds. The quantitative estimate of drug-likeness (QED) is 0.239. The van der Waals surface area contributed by atoms with Gasteiger partial charge in [-0.3, -0.25) is 14.4 Å². The molecule has 10 atom stereocenters. The Kier molecular flexibility index (Phi) is 9.91. The maximum absolute atomic E-state index is 12.9. The summed E-state index contributed by atoms with van der Waals surface area (Å²) in [7, 11) is 0. The molecule has 1 aliphatic carbocycles. The van der Waals surface area contributed by atoms with E-state index in [0.29, 0.717) is 18.8 Å². The van der Waals surface area contributed by atoms with Crippen LogP contribution in [0.2, 0.25) is 0 Å². The number of hydrogen-bond acceptors (Lipinski definition) is 9. The normalized spacial score (nSPS) is 36.9. The molecule has 1 spiro atoms. The number of carbonyl (C=O) groups excluding carboxylic acids is 3. The van der Waals surface area contributed by atoms with E-state index in [1.54, 1.807) is 13.8 Å². The van der Waals surface area contributed by atoms with Crippen LogP contribution in [-0.4, -0.2) is 64.9 Å². The van der Waals surface area contributed by atoms with E-state index in [1.165, 1.54) is 0 Å². The van der Waals surface area contributed by atoms with E-state index in [4.69, 9.17) is 24.0 Å². The van der Waals surface area contributed by atoms with E-state index in [-0.39, 0.29) is 42.4 Å². The van der Waals surface area contributed by atoms with Crippen LogP contribution in [0.15, 0.2) is 0 Å². The van der Waals surface area contributed by atoms with E-state index in [0.717, 1.165) is 19.3 Å². The predicted octanol–water partition coefficient (Wildman–Crippen LogP) is 3.27. The van der Waals surface area contributed by atoms with Crippen molar-refractivity contribution in [3.63, 3.8) is 0 Å².